The van der Waals surface area contributed by atoms with E-state index in [9.17, 15) is 0 Å². The van der Waals surface area contributed by atoms with Gasteiger partial charge in [-0.2, -0.15) is 0 Å². The number of aryl methyl sites for hydroxylation is 4. The highest BCUT2D eigenvalue weighted by Crippen LogP contribution is 2.52. The van der Waals surface area contributed by atoms with Gasteiger partial charge in [0.15, 0.2) is 0 Å². The zero-order chi connectivity index (χ0) is 67.7. The summed E-state index contributed by atoms with van der Waals surface area (Å²) >= 11 is 0. The van der Waals surface area contributed by atoms with Crippen molar-refractivity contribution in [3.05, 3.63) is 309 Å². The smallest absolute Gasteiger partial charge is 0.0619 e. The molecule has 4 fully saturated rings. The van der Waals surface area contributed by atoms with Crippen LogP contribution in [0.5, 0.6) is 0 Å². The van der Waals surface area contributed by atoms with Crippen LogP contribution in [0.3, 0.4) is 0 Å². The minimum atomic E-state index is 0.552. The summed E-state index contributed by atoms with van der Waals surface area (Å²) in [6.07, 6.45) is 35.7. The van der Waals surface area contributed by atoms with Crippen LogP contribution in [-0.2, 0) is 0 Å². The SMILES string of the molecule is Cc1ccc(/C(=C/c2ccc(N(c3ccc(/C=C(/c4ccc(C)cc4)C4CCCCC4)cc3)c3c4ccccc4c(N(c4ccc(/C=C(/c5ccc(C)cc5)C5CCCCC5)cc4)c4ccc(/C=C(/c5ccc(C)cc5)C5CCCCC5)cc4)c4ccccc34)cc2)C2CCCCC2)cc1. The predicted octanol–water partition coefficient (Wildman–Crippen LogP) is 28.6. The highest BCUT2D eigenvalue weighted by atomic mass is 15.2. The molecule has 0 saturated heterocycles. The van der Waals surface area contributed by atoms with Crippen LogP contribution in [0.4, 0.5) is 34.1 Å². The first kappa shape index (κ1) is 66.4. The molecule has 0 atom stereocenters. The Morgan fingerprint density at radius 3 is 0.610 bits per heavy atom. The van der Waals surface area contributed by atoms with Gasteiger partial charge in [0.2, 0.25) is 0 Å². The Morgan fingerprint density at radius 2 is 0.420 bits per heavy atom. The van der Waals surface area contributed by atoms with Gasteiger partial charge in [0.1, 0.15) is 0 Å². The summed E-state index contributed by atoms with van der Waals surface area (Å²) in [6, 6.07) is 93.8. The van der Waals surface area contributed by atoms with Crippen LogP contribution in [-0.4, -0.2) is 0 Å². The summed E-state index contributed by atoms with van der Waals surface area (Å²) < 4.78 is 0. The van der Waals surface area contributed by atoms with E-state index in [0.717, 1.165) is 22.7 Å². The van der Waals surface area contributed by atoms with Gasteiger partial charge in [0.25, 0.3) is 0 Å². The van der Waals surface area contributed by atoms with Crippen molar-refractivity contribution >= 4 is 102 Å². The molecule has 0 bridgehead atoms. The van der Waals surface area contributed by atoms with Gasteiger partial charge in [0, 0.05) is 44.3 Å². The van der Waals surface area contributed by atoms with Gasteiger partial charge in [-0.3, -0.25) is 0 Å². The molecular formula is C98H100N2. The fourth-order valence-electron chi connectivity index (χ4n) is 17.4. The van der Waals surface area contributed by atoms with Crippen molar-refractivity contribution in [1.29, 1.82) is 0 Å². The van der Waals surface area contributed by atoms with Crippen molar-refractivity contribution in [3.63, 3.8) is 0 Å². The first-order valence-corrected chi connectivity index (χ1v) is 38.3. The molecule has 0 radical (unpaired) electrons. The topological polar surface area (TPSA) is 6.48 Å². The molecule has 15 rings (SSSR count). The highest BCUT2D eigenvalue weighted by molar-refractivity contribution is 6.23. The summed E-state index contributed by atoms with van der Waals surface area (Å²) in [5, 5.41) is 4.77. The second-order valence-electron chi connectivity index (χ2n) is 30.0. The molecule has 4 saturated carbocycles. The second-order valence-corrected chi connectivity index (χ2v) is 30.0. The van der Waals surface area contributed by atoms with E-state index in [1.807, 2.05) is 0 Å². The van der Waals surface area contributed by atoms with Crippen molar-refractivity contribution < 1.29 is 0 Å². The molecule has 4 aliphatic carbocycles. The van der Waals surface area contributed by atoms with Crippen molar-refractivity contribution in [1.82, 2.24) is 0 Å². The summed E-state index contributed by atoms with van der Waals surface area (Å²) in [6.45, 7) is 8.80. The maximum Gasteiger partial charge on any atom is 0.0619 e. The monoisotopic (exact) mass is 1300 g/mol. The standard InChI is InChI=1S/C98H100N2/c1-69-33-49-81(50-34-69)93(77-21-9-5-10-22-77)65-73-41-57-85(58-42-73)99(86-59-43-74(44-60-86)66-94(78-23-11-6-12-24-78)82-51-35-70(2)36-52-82)97-89-29-17-19-31-91(89)98(92-32-20-18-30-90(92)97)100(87-61-45-75(46-62-87)67-95(79-25-13-7-14-26-79)83-53-37-71(3)38-54-83)88-63-47-76(48-64-88)68-96(80-27-15-8-16-28-80)84-55-39-72(4)40-56-84/h17-20,29-68,77-80H,5-16,21-28H2,1-4H3/b93-65+,94-66+,95-67+,96-68+. The molecule has 11 aromatic carbocycles. The number of hydrogen-bond acceptors (Lipinski definition) is 2. The van der Waals surface area contributed by atoms with E-state index in [1.165, 1.54) is 250 Å². The quantitative estimate of drug-likeness (QED) is 0.0480. The first-order valence-electron chi connectivity index (χ1n) is 38.3. The van der Waals surface area contributed by atoms with E-state index in [4.69, 9.17) is 0 Å². The Morgan fingerprint density at radius 1 is 0.230 bits per heavy atom. The van der Waals surface area contributed by atoms with E-state index in [2.05, 4.69) is 304 Å². The molecule has 4 aliphatic rings. The Labute approximate surface area is 597 Å². The zero-order valence-corrected chi connectivity index (χ0v) is 59.7. The largest absolute Gasteiger partial charge is 0.309 e. The van der Waals surface area contributed by atoms with Gasteiger partial charge < -0.3 is 9.80 Å². The van der Waals surface area contributed by atoms with Crippen molar-refractivity contribution in [2.45, 2.75) is 156 Å². The fourth-order valence-corrected chi connectivity index (χ4v) is 17.4. The van der Waals surface area contributed by atoms with Crippen molar-refractivity contribution in [2.75, 3.05) is 9.80 Å². The Balaban J connectivity index is 0.900. The Hall–Kier alpha value is -9.50. The van der Waals surface area contributed by atoms with E-state index < -0.39 is 0 Å². The number of benzene rings is 11. The molecule has 2 heteroatoms. The van der Waals surface area contributed by atoms with Crippen molar-refractivity contribution in [3.8, 4) is 0 Å². The average Bonchev–Trinajstić information content (AvgIpc) is 0.723. The normalized spacial score (nSPS) is 16.7. The van der Waals surface area contributed by atoms with Crippen LogP contribution in [0, 0.1) is 51.4 Å². The van der Waals surface area contributed by atoms with Crippen LogP contribution in [0.2, 0.25) is 0 Å². The second kappa shape index (κ2) is 30.9. The number of anilines is 6. The Kier molecular flexibility index (Phi) is 20.5. The lowest BCUT2D eigenvalue weighted by atomic mass is 9.80. The lowest BCUT2D eigenvalue weighted by Crippen LogP contribution is -2.14. The summed E-state index contributed by atoms with van der Waals surface area (Å²) in [4.78, 5) is 5.14. The maximum atomic E-state index is 2.57. The van der Waals surface area contributed by atoms with E-state index >= 15 is 0 Å². The van der Waals surface area contributed by atoms with E-state index in [0.29, 0.717) is 23.7 Å². The van der Waals surface area contributed by atoms with Gasteiger partial charge in [-0.15, -0.1) is 0 Å². The van der Waals surface area contributed by atoms with Crippen LogP contribution < -0.4 is 9.80 Å². The van der Waals surface area contributed by atoms with E-state index in [1.54, 1.807) is 0 Å². The third-order valence-corrected chi connectivity index (χ3v) is 22.9. The van der Waals surface area contributed by atoms with Gasteiger partial charge in [-0.1, -0.05) is 318 Å². The molecule has 0 spiro atoms. The Bertz CT molecular complexity index is 4090. The minimum absolute atomic E-state index is 0.552. The van der Waals surface area contributed by atoms with Crippen LogP contribution in [0.15, 0.2) is 243 Å². The molecule has 11 aromatic rings. The average molecular weight is 1310 g/mol. The molecule has 2 nitrogen and oxygen atoms in total. The number of rotatable bonds is 18. The lowest BCUT2D eigenvalue weighted by molar-refractivity contribution is 0.430. The summed E-state index contributed by atoms with van der Waals surface area (Å²) in [5.74, 6) is 2.21. The van der Waals surface area contributed by atoms with Crippen LogP contribution in [0.1, 0.15) is 195 Å². The van der Waals surface area contributed by atoms with Gasteiger partial charge in [-0.25, -0.2) is 0 Å². The maximum absolute atomic E-state index is 2.57. The van der Waals surface area contributed by atoms with Crippen molar-refractivity contribution in [2.24, 2.45) is 23.7 Å². The highest BCUT2D eigenvalue weighted by Gasteiger charge is 2.28. The molecule has 100 heavy (non-hydrogen) atoms. The molecular weight excluding hydrogens is 1210 g/mol. The number of allylic oxidation sites excluding steroid dienone is 4. The molecule has 0 unspecified atom stereocenters. The molecule has 0 amide bonds. The molecule has 0 N–H and O–H groups in total. The lowest BCUT2D eigenvalue weighted by Gasteiger charge is -2.33. The van der Waals surface area contributed by atoms with Crippen LogP contribution in [0.25, 0.3) is 68.1 Å². The fraction of sp³-hybridized carbons (Fsp3) is 0.286. The third kappa shape index (κ3) is 15.0. The number of hydrogen-bond donors (Lipinski definition) is 0. The molecule has 0 aromatic heterocycles. The van der Waals surface area contributed by atoms with Gasteiger partial charge in [-0.05, 0) is 218 Å². The number of fused-ring (bicyclic) bond motifs is 2. The first-order chi connectivity index (χ1) is 49.2. The molecule has 0 heterocycles. The summed E-state index contributed by atoms with van der Waals surface area (Å²) in [7, 11) is 0. The minimum Gasteiger partial charge on any atom is -0.309 e. The third-order valence-electron chi connectivity index (χ3n) is 22.9. The molecule has 0 aliphatic heterocycles. The number of nitrogens with zero attached hydrogens (tertiary/aromatic N) is 2. The van der Waals surface area contributed by atoms with Gasteiger partial charge in [0.05, 0.1) is 11.4 Å². The van der Waals surface area contributed by atoms with Gasteiger partial charge >= 0.3 is 0 Å². The molecule has 502 valence electrons. The van der Waals surface area contributed by atoms with E-state index in [-0.39, 0.29) is 0 Å². The van der Waals surface area contributed by atoms with Crippen LogP contribution >= 0.6 is 0 Å². The summed E-state index contributed by atoms with van der Waals surface area (Å²) in [5.41, 5.74) is 28.3. The zero-order valence-electron chi connectivity index (χ0n) is 59.7. The predicted molar refractivity (Wildman–Crippen MR) is 433 cm³/mol.